The number of rotatable bonds is 8. The van der Waals surface area contributed by atoms with Gasteiger partial charge >= 0.3 is 0 Å². The number of nitrogens with two attached hydrogens (primary N) is 2. The Hall–Kier alpha value is -4.97. The number of imidazole rings is 1. The van der Waals surface area contributed by atoms with Crippen LogP contribution in [0.15, 0.2) is 48.5 Å². The topological polar surface area (TPSA) is 155 Å². The van der Waals surface area contributed by atoms with Gasteiger partial charge in [0.05, 0.1) is 37.0 Å². The number of primary amides is 1. The van der Waals surface area contributed by atoms with Crippen LogP contribution in [0.5, 0.6) is 11.5 Å². The first-order valence-corrected chi connectivity index (χ1v) is 15.4. The van der Waals surface area contributed by atoms with Crippen LogP contribution in [0, 0.1) is 5.92 Å². The molecule has 1 saturated heterocycles. The van der Waals surface area contributed by atoms with Crippen LogP contribution in [0.1, 0.15) is 35.2 Å². The summed E-state index contributed by atoms with van der Waals surface area (Å²) in [7, 11) is 3.47. The molecule has 2 aliphatic rings. The van der Waals surface area contributed by atoms with E-state index < -0.39 is 18.1 Å². The molecular weight excluding hydrogens is 589 g/mol. The number of benzene rings is 2. The third kappa shape index (κ3) is 5.42. The third-order valence-corrected chi connectivity index (χ3v) is 8.98. The Morgan fingerprint density at radius 3 is 2.59 bits per heavy atom. The Morgan fingerprint density at radius 1 is 1.09 bits per heavy atom. The van der Waals surface area contributed by atoms with Gasteiger partial charge in [-0.3, -0.25) is 9.59 Å². The van der Waals surface area contributed by atoms with Crippen LogP contribution in [0.2, 0.25) is 0 Å². The minimum Gasteiger partial charge on any atom is -0.508 e. The van der Waals surface area contributed by atoms with Gasteiger partial charge in [-0.1, -0.05) is 12.1 Å². The molecule has 2 atom stereocenters. The molecule has 1 saturated carbocycles. The van der Waals surface area contributed by atoms with Gasteiger partial charge in [0, 0.05) is 48.3 Å². The number of pyridine rings is 1. The smallest absolute Gasteiger partial charge is 0.254 e. The number of phenols is 1. The summed E-state index contributed by atoms with van der Waals surface area (Å²) in [6.07, 6.45) is 1.31. The highest BCUT2D eigenvalue weighted by Crippen LogP contribution is 2.38. The Bertz CT molecular complexity index is 2000. The monoisotopic (exact) mass is 625 g/mol. The van der Waals surface area contributed by atoms with Gasteiger partial charge in [-0.2, -0.15) is 0 Å². The molecule has 11 nitrogen and oxygen atoms in total. The maximum Gasteiger partial charge on any atom is 0.254 e. The highest BCUT2D eigenvalue weighted by atomic mass is 19.1. The Balaban J connectivity index is 1.31. The molecule has 46 heavy (non-hydrogen) atoms. The van der Waals surface area contributed by atoms with E-state index in [1.165, 1.54) is 4.90 Å². The lowest BCUT2D eigenvalue weighted by Crippen LogP contribution is -2.50. The van der Waals surface area contributed by atoms with E-state index in [2.05, 4.69) is 10.6 Å². The molecule has 0 bridgehead atoms. The van der Waals surface area contributed by atoms with Gasteiger partial charge in [-0.05, 0) is 61.6 Å². The summed E-state index contributed by atoms with van der Waals surface area (Å²) in [6, 6.07) is 14.1. The van der Waals surface area contributed by atoms with Crippen LogP contribution in [0.4, 0.5) is 4.39 Å². The zero-order chi connectivity index (χ0) is 32.3. The number of fused-ring (bicyclic) bond motifs is 2. The van der Waals surface area contributed by atoms with Crippen LogP contribution in [0.25, 0.3) is 44.8 Å². The second-order valence-electron chi connectivity index (χ2n) is 12.5. The Labute approximate surface area is 264 Å². The fourth-order valence-corrected chi connectivity index (χ4v) is 6.52. The van der Waals surface area contributed by atoms with Crippen molar-refractivity contribution in [2.75, 3.05) is 20.2 Å². The number of halogens is 1. The van der Waals surface area contributed by atoms with Crippen molar-refractivity contribution in [3.63, 3.8) is 0 Å². The number of aromatic nitrogens is 4. The highest BCUT2D eigenvalue weighted by Gasteiger charge is 2.30. The van der Waals surface area contributed by atoms with Crippen molar-refractivity contribution in [2.24, 2.45) is 24.4 Å². The molecule has 4 heterocycles. The van der Waals surface area contributed by atoms with Crippen molar-refractivity contribution in [1.82, 2.24) is 24.0 Å². The summed E-state index contributed by atoms with van der Waals surface area (Å²) in [4.78, 5) is 36.3. The number of carbonyl (C=O) groups is 2. The van der Waals surface area contributed by atoms with E-state index in [1.54, 1.807) is 31.4 Å². The van der Waals surface area contributed by atoms with Crippen molar-refractivity contribution < 1.29 is 23.8 Å². The molecule has 3 aromatic heterocycles. The highest BCUT2D eigenvalue weighted by molar-refractivity contribution is 6.00. The van der Waals surface area contributed by atoms with Crippen LogP contribution >= 0.6 is 0 Å². The number of aromatic hydroxyl groups is 1. The first kappa shape index (κ1) is 29.7. The van der Waals surface area contributed by atoms with E-state index in [0.717, 1.165) is 41.6 Å². The summed E-state index contributed by atoms with van der Waals surface area (Å²) < 4.78 is 24.2. The molecule has 1 aliphatic carbocycles. The molecule has 5 aromatic rings. The van der Waals surface area contributed by atoms with Crippen LogP contribution in [0.3, 0.4) is 0 Å². The number of carbonyl (C=O) groups excluding carboxylic acids is 2. The van der Waals surface area contributed by atoms with Crippen molar-refractivity contribution >= 4 is 33.9 Å². The molecule has 5 N–H and O–H groups in total. The number of likely N-dealkylation sites (tertiary alicyclic amines) is 1. The fraction of sp³-hybridized carbons (Fsp3) is 0.353. The molecule has 0 radical (unpaired) electrons. The minimum atomic E-state index is -1.16. The van der Waals surface area contributed by atoms with E-state index in [4.69, 9.17) is 26.2 Å². The van der Waals surface area contributed by atoms with Crippen LogP contribution in [-0.2, 0) is 24.8 Å². The maximum atomic E-state index is 14.3. The number of aryl methyl sites for hydroxylation is 1. The van der Waals surface area contributed by atoms with Crippen molar-refractivity contribution in [2.45, 2.75) is 44.4 Å². The number of methoxy groups -OCH3 is 1. The van der Waals surface area contributed by atoms with Gasteiger partial charge in [-0.15, -0.1) is 0 Å². The molecule has 1 aliphatic heterocycles. The van der Waals surface area contributed by atoms with Gasteiger partial charge in [0.25, 0.3) is 5.91 Å². The number of amides is 2. The van der Waals surface area contributed by atoms with Gasteiger partial charge < -0.3 is 35.3 Å². The van der Waals surface area contributed by atoms with Gasteiger partial charge in [0.1, 0.15) is 28.8 Å². The van der Waals surface area contributed by atoms with E-state index >= 15 is 0 Å². The first-order chi connectivity index (χ1) is 22.1. The molecule has 12 heteroatoms. The van der Waals surface area contributed by atoms with Crippen molar-refractivity contribution in [3.05, 3.63) is 59.7 Å². The SMILES string of the molecule is COc1cc(C(=O)N2C[C@H](N)C[C@@H](F)C2)cc2nc(-c3cc4ccc(-c5ccc(CC(N)=O)c(O)c5)nc4n3CC3CC3)n(C)c12. The molecule has 238 valence electrons. The Morgan fingerprint density at radius 2 is 1.89 bits per heavy atom. The molecule has 0 unspecified atom stereocenters. The summed E-state index contributed by atoms with van der Waals surface area (Å²) in [5, 5.41) is 11.5. The molecule has 2 aromatic carbocycles. The summed E-state index contributed by atoms with van der Waals surface area (Å²) in [5.41, 5.74) is 16.5. The molecule has 0 spiro atoms. The summed E-state index contributed by atoms with van der Waals surface area (Å²) in [6.45, 7) is 1.07. The van der Waals surface area contributed by atoms with E-state index in [-0.39, 0.29) is 31.0 Å². The predicted molar refractivity (Wildman–Crippen MR) is 172 cm³/mol. The van der Waals surface area contributed by atoms with E-state index in [9.17, 15) is 19.1 Å². The number of hydrogen-bond donors (Lipinski definition) is 3. The number of nitrogens with zero attached hydrogens (tertiary/aromatic N) is 5. The second kappa shape index (κ2) is 11.4. The zero-order valence-corrected chi connectivity index (χ0v) is 25.7. The lowest BCUT2D eigenvalue weighted by molar-refractivity contribution is -0.117. The number of phenolic OH excluding ortho intramolecular Hbond substituents is 1. The van der Waals surface area contributed by atoms with Crippen LogP contribution < -0.4 is 16.2 Å². The number of piperidine rings is 1. The minimum absolute atomic E-state index is 0.00769. The van der Waals surface area contributed by atoms with Crippen LogP contribution in [-0.4, -0.2) is 73.3 Å². The van der Waals surface area contributed by atoms with Gasteiger partial charge in [0.15, 0.2) is 5.82 Å². The second-order valence-corrected chi connectivity index (χ2v) is 12.5. The average molecular weight is 626 g/mol. The third-order valence-electron chi connectivity index (χ3n) is 8.98. The molecule has 2 fully saturated rings. The van der Waals surface area contributed by atoms with Gasteiger partial charge in [0.2, 0.25) is 5.91 Å². The lowest BCUT2D eigenvalue weighted by Gasteiger charge is -2.33. The molecule has 2 amide bonds. The standard InChI is InChI=1S/C34H36FN7O4/c1-40-31-26(9-22(12-29(31)46-2)34(45)41-16-23(35)14-24(36)17-41)39-33(40)27-10-21-7-8-25(38-32(21)42(27)15-18-3-4-18)19-5-6-20(13-30(37)44)28(43)11-19/h5-12,18,23-24,43H,3-4,13-17,36H2,1-2H3,(H2,37,44)/t23-,24-/m1/s1. The predicted octanol–water partition coefficient (Wildman–Crippen LogP) is 3.92. The zero-order valence-electron chi connectivity index (χ0n) is 25.7. The number of alkyl halides is 1. The quantitative estimate of drug-likeness (QED) is 0.236. The molecule has 7 rings (SSSR count). The van der Waals surface area contributed by atoms with Gasteiger partial charge in [-0.25, -0.2) is 14.4 Å². The molecular formula is C34H36FN7O4. The maximum absolute atomic E-state index is 14.3. The lowest BCUT2D eigenvalue weighted by atomic mass is 10.0. The average Bonchev–Trinajstić information content (AvgIpc) is 3.69. The normalized spacial score (nSPS) is 18.4. The summed E-state index contributed by atoms with van der Waals surface area (Å²) in [5.74, 6) is 0.878. The largest absolute Gasteiger partial charge is 0.508 e. The fourth-order valence-electron chi connectivity index (χ4n) is 6.52. The first-order valence-electron chi connectivity index (χ1n) is 15.4. The summed E-state index contributed by atoms with van der Waals surface area (Å²) >= 11 is 0. The van der Waals surface area contributed by atoms with Crippen molar-refractivity contribution in [1.29, 1.82) is 0 Å². The Kier molecular flexibility index (Phi) is 7.39. The van der Waals surface area contributed by atoms with Crippen molar-refractivity contribution in [3.8, 4) is 34.3 Å². The number of ether oxygens (including phenoxy) is 1. The van der Waals surface area contributed by atoms with E-state index in [1.807, 2.05) is 29.8 Å². The number of hydrogen-bond acceptors (Lipinski definition) is 7. The van der Waals surface area contributed by atoms with E-state index in [0.29, 0.717) is 51.9 Å².